The summed E-state index contributed by atoms with van der Waals surface area (Å²) in [6.45, 7) is 5.89. The minimum absolute atomic E-state index is 0.118. The lowest BCUT2D eigenvalue weighted by Crippen LogP contribution is -2.65. The standard InChI is InChI=1S/C26H34O7/c1-14(27)32-21-20(15-4-5-19(29)31-13-15)24(3)10-7-17-18(26(24)22(21)33-26)8-11-25(30)12-16(28)6-9-23(17,25)2/h4-5,13,16-18,20-22,28,30H,6-12H2,1-3H3/t16-,17-,18+,20-,21+,22+,23+,24+,25-,26+/m0/s1. The molecule has 4 saturated carbocycles. The summed E-state index contributed by atoms with van der Waals surface area (Å²) >= 11 is 0. The maximum atomic E-state index is 12.1. The highest BCUT2D eigenvalue weighted by Crippen LogP contribution is 2.78. The van der Waals surface area contributed by atoms with Crippen LogP contribution < -0.4 is 5.63 Å². The van der Waals surface area contributed by atoms with Gasteiger partial charge in [-0.1, -0.05) is 13.8 Å². The average molecular weight is 459 g/mol. The molecule has 10 atom stereocenters. The number of ether oxygens (including phenoxy) is 2. The van der Waals surface area contributed by atoms with Crippen LogP contribution in [0.5, 0.6) is 0 Å². The molecule has 1 aliphatic heterocycles. The van der Waals surface area contributed by atoms with Gasteiger partial charge in [-0.05, 0) is 67.4 Å². The first-order valence-corrected chi connectivity index (χ1v) is 12.4. The molecule has 0 aromatic carbocycles. The molecule has 6 rings (SSSR count). The van der Waals surface area contributed by atoms with Gasteiger partial charge in [-0.15, -0.1) is 0 Å². The third kappa shape index (κ3) is 2.62. The fourth-order valence-electron chi connectivity index (χ4n) is 9.10. The SMILES string of the molecule is CC(=O)O[C@H]1[C@H]2O[C@]23[C@@H]2CC[C@]4(O)C[C@@H](O)CC[C@]4(C)[C@H]2CC[C@]3(C)[C@H]1c1ccc(=O)oc1. The van der Waals surface area contributed by atoms with E-state index in [2.05, 4.69) is 13.8 Å². The number of esters is 1. The molecular formula is C26H34O7. The van der Waals surface area contributed by atoms with Crippen LogP contribution in [0, 0.1) is 22.7 Å². The van der Waals surface area contributed by atoms with Gasteiger partial charge in [-0.25, -0.2) is 4.79 Å². The molecule has 0 unspecified atom stereocenters. The Kier molecular flexibility index (Phi) is 4.43. The normalized spacial score (nSPS) is 52.2. The third-order valence-corrected chi connectivity index (χ3v) is 10.6. The van der Waals surface area contributed by atoms with Crippen LogP contribution in [0.4, 0.5) is 0 Å². The first-order valence-electron chi connectivity index (χ1n) is 12.4. The number of aliphatic hydroxyl groups excluding tert-OH is 1. The van der Waals surface area contributed by atoms with Crippen molar-refractivity contribution in [1.29, 1.82) is 0 Å². The lowest BCUT2D eigenvalue weighted by atomic mass is 9.42. The van der Waals surface area contributed by atoms with Gasteiger partial charge in [0, 0.05) is 30.7 Å². The topological polar surface area (TPSA) is 110 Å². The quantitative estimate of drug-likeness (QED) is 0.518. The van der Waals surface area contributed by atoms with Crippen molar-refractivity contribution in [2.45, 2.75) is 101 Å². The maximum Gasteiger partial charge on any atom is 0.335 e. The molecule has 2 heterocycles. The van der Waals surface area contributed by atoms with E-state index in [4.69, 9.17) is 13.9 Å². The number of rotatable bonds is 2. The first-order chi connectivity index (χ1) is 15.6. The number of aliphatic hydroxyl groups is 2. The number of fused-ring (bicyclic) bond motifs is 3. The number of epoxide rings is 1. The van der Waals surface area contributed by atoms with Crippen LogP contribution >= 0.6 is 0 Å². The largest absolute Gasteiger partial charge is 0.459 e. The molecule has 1 saturated heterocycles. The molecule has 0 amide bonds. The highest BCUT2D eigenvalue weighted by molar-refractivity contribution is 5.66. The fourth-order valence-corrected chi connectivity index (χ4v) is 9.10. The molecule has 2 N–H and O–H groups in total. The Bertz CT molecular complexity index is 1030. The van der Waals surface area contributed by atoms with Gasteiger partial charge in [-0.2, -0.15) is 0 Å². The number of carbonyl (C=O) groups is 1. The van der Waals surface area contributed by atoms with E-state index in [0.29, 0.717) is 12.8 Å². The molecule has 1 aromatic heterocycles. The van der Waals surface area contributed by atoms with E-state index < -0.39 is 29.0 Å². The highest BCUT2D eigenvalue weighted by atomic mass is 16.7. The predicted molar refractivity (Wildman–Crippen MR) is 117 cm³/mol. The molecule has 1 aromatic rings. The van der Waals surface area contributed by atoms with E-state index >= 15 is 0 Å². The second kappa shape index (κ2) is 6.70. The predicted octanol–water partition coefficient (Wildman–Crippen LogP) is 2.91. The Morgan fingerprint density at radius 3 is 2.52 bits per heavy atom. The minimum atomic E-state index is -0.850. The van der Waals surface area contributed by atoms with Crippen LogP contribution in [-0.2, 0) is 14.3 Å². The Morgan fingerprint density at radius 1 is 1.09 bits per heavy atom. The smallest absolute Gasteiger partial charge is 0.335 e. The van der Waals surface area contributed by atoms with Crippen molar-refractivity contribution < 1.29 is 28.9 Å². The molecule has 180 valence electrons. The molecule has 1 spiro atoms. The van der Waals surface area contributed by atoms with Gasteiger partial charge in [-0.3, -0.25) is 4.79 Å². The Balaban J connectivity index is 1.42. The van der Waals surface area contributed by atoms with Gasteiger partial charge < -0.3 is 24.1 Å². The van der Waals surface area contributed by atoms with Crippen LogP contribution in [0.1, 0.15) is 77.2 Å². The molecule has 7 nitrogen and oxygen atoms in total. The van der Waals surface area contributed by atoms with Crippen molar-refractivity contribution in [3.63, 3.8) is 0 Å². The van der Waals surface area contributed by atoms with E-state index in [1.807, 2.05) is 0 Å². The van der Waals surface area contributed by atoms with Crippen molar-refractivity contribution in [3.8, 4) is 0 Å². The number of hydrogen-bond acceptors (Lipinski definition) is 7. The van der Waals surface area contributed by atoms with Gasteiger partial charge in [0.2, 0.25) is 0 Å². The van der Waals surface area contributed by atoms with Crippen molar-refractivity contribution in [3.05, 3.63) is 34.4 Å². The van der Waals surface area contributed by atoms with Crippen molar-refractivity contribution in [2.75, 3.05) is 0 Å². The Morgan fingerprint density at radius 2 is 1.82 bits per heavy atom. The number of hydrogen-bond donors (Lipinski definition) is 2. The van der Waals surface area contributed by atoms with Crippen LogP contribution in [0.25, 0.3) is 0 Å². The first kappa shape index (κ1) is 21.8. The summed E-state index contributed by atoms with van der Waals surface area (Å²) in [5.74, 6) is 0.0816. The van der Waals surface area contributed by atoms with Gasteiger partial charge >= 0.3 is 11.6 Å². The van der Waals surface area contributed by atoms with Crippen LogP contribution in [0.15, 0.2) is 27.6 Å². The van der Waals surface area contributed by atoms with E-state index in [9.17, 15) is 19.8 Å². The average Bonchev–Trinajstić information content (AvgIpc) is 3.45. The molecule has 7 heteroatoms. The minimum Gasteiger partial charge on any atom is -0.459 e. The molecular weight excluding hydrogens is 424 g/mol. The van der Waals surface area contributed by atoms with Crippen molar-refractivity contribution >= 4 is 5.97 Å². The Labute approximate surface area is 193 Å². The molecule has 4 aliphatic carbocycles. The summed E-state index contributed by atoms with van der Waals surface area (Å²) in [6.07, 6.45) is 5.74. The molecule has 33 heavy (non-hydrogen) atoms. The Hall–Kier alpha value is -1.70. The van der Waals surface area contributed by atoms with Gasteiger partial charge in [0.1, 0.15) is 17.8 Å². The van der Waals surface area contributed by atoms with Gasteiger partial charge in [0.15, 0.2) is 0 Å². The highest BCUT2D eigenvalue weighted by Gasteiger charge is 2.85. The monoisotopic (exact) mass is 458 g/mol. The fraction of sp³-hybridized carbons (Fsp3) is 0.769. The third-order valence-electron chi connectivity index (χ3n) is 10.6. The van der Waals surface area contributed by atoms with Crippen molar-refractivity contribution in [1.82, 2.24) is 0 Å². The van der Waals surface area contributed by atoms with Crippen molar-refractivity contribution in [2.24, 2.45) is 22.7 Å². The van der Waals surface area contributed by atoms with Crippen LogP contribution in [0.3, 0.4) is 0 Å². The molecule has 0 bridgehead atoms. The van der Waals surface area contributed by atoms with E-state index in [1.54, 1.807) is 6.07 Å². The summed E-state index contributed by atoms with van der Waals surface area (Å²) in [5.41, 5.74) is -1.34. The summed E-state index contributed by atoms with van der Waals surface area (Å²) in [4.78, 5) is 23.7. The summed E-state index contributed by atoms with van der Waals surface area (Å²) < 4.78 is 17.7. The summed E-state index contributed by atoms with van der Waals surface area (Å²) in [6, 6.07) is 3.23. The summed E-state index contributed by atoms with van der Waals surface area (Å²) in [7, 11) is 0. The van der Waals surface area contributed by atoms with Gasteiger partial charge in [0.05, 0.1) is 18.0 Å². The summed E-state index contributed by atoms with van der Waals surface area (Å²) in [5, 5.41) is 22.0. The van der Waals surface area contributed by atoms with Crippen LogP contribution in [-0.4, -0.2) is 45.7 Å². The van der Waals surface area contributed by atoms with Gasteiger partial charge in [0.25, 0.3) is 0 Å². The molecule has 5 aliphatic rings. The van der Waals surface area contributed by atoms with Crippen LogP contribution in [0.2, 0.25) is 0 Å². The lowest BCUT2D eigenvalue weighted by molar-refractivity contribution is -0.224. The van der Waals surface area contributed by atoms with E-state index in [0.717, 1.165) is 37.7 Å². The molecule has 0 radical (unpaired) electrons. The number of carbonyl (C=O) groups excluding carboxylic acids is 1. The lowest BCUT2D eigenvalue weighted by Gasteiger charge is -2.63. The zero-order valence-electron chi connectivity index (χ0n) is 19.6. The zero-order valence-corrected chi connectivity index (χ0v) is 19.6. The molecule has 5 fully saturated rings. The van der Waals surface area contributed by atoms with E-state index in [-0.39, 0.29) is 40.7 Å². The van der Waals surface area contributed by atoms with E-state index in [1.165, 1.54) is 19.3 Å². The maximum absolute atomic E-state index is 12.1. The second-order valence-corrected chi connectivity index (χ2v) is 11.8. The second-order valence-electron chi connectivity index (χ2n) is 11.8. The zero-order chi connectivity index (χ0) is 23.4.